The first-order chi connectivity index (χ1) is 7.34. The summed E-state index contributed by atoms with van der Waals surface area (Å²) in [6.45, 7) is 0. The van der Waals surface area contributed by atoms with Crippen LogP contribution in [0.2, 0.25) is 0 Å². The van der Waals surface area contributed by atoms with Crippen LogP contribution in [0.15, 0.2) is 50.6 Å². The monoisotopic (exact) mass is 197 g/mol. The van der Waals surface area contributed by atoms with E-state index in [0.29, 0.717) is 0 Å². The fourth-order valence-electron chi connectivity index (χ4n) is 1.79. The third kappa shape index (κ3) is 1.22. The average molecular weight is 197 g/mol. The molecule has 4 nitrogen and oxygen atoms in total. The molecule has 1 aliphatic carbocycles. The summed E-state index contributed by atoms with van der Waals surface area (Å²) in [7, 11) is 0. The molecule has 0 N–H and O–H groups in total. The number of amides is 2. The lowest BCUT2D eigenvalue weighted by Crippen LogP contribution is -2.25. The molecular formula is C11H7N3O. The van der Waals surface area contributed by atoms with E-state index < -0.39 is 6.03 Å². The van der Waals surface area contributed by atoms with E-state index in [0.717, 1.165) is 17.0 Å². The summed E-state index contributed by atoms with van der Waals surface area (Å²) in [6.07, 6.45) is 11.0. The van der Waals surface area contributed by atoms with E-state index in [-0.39, 0.29) is 5.92 Å². The van der Waals surface area contributed by atoms with Crippen molar-refractivity contribution >= 4 is 24.2 Å². The van der Waals surface area contributed by atoms with E-state index >= 15 is 0 Å². The van der Waals surface area contributed by atoms with E-state index in [9.17, 15) is 4.79 Å². The van der Waals surface area contributed by atoms with Gasteiger partial charge in [-0.1, -0.05) is 6.08 Å². The van der Waals surface area contributed by atoms with Gasteiger partial charge in [-0.25, -0.2) is 4.79 Å². The molecule has 72 valence electrons. The van der Waals surface area contributed by atoms with Gasteiger partial charge in [-0.15, -0.1) is 0 Å². The molecule has 4 heteroatoms. The zero-order valence-corrected chi connectivity index (χ0v) is 7.79. The molecule has 1 unspecified atom stereocenters. The number of hydrogen-bond acceptors (Lipinski definition) is 2. The zero-order chi connectivity index (χ0) is 10.3. The molecule has 0 aromatic rings. The highest BCUT2D eigenvalue weighted by Gasteiger charge is 2.27. The van der Waals surface area contributed by atoms with E-state index in [4.69, 9.17) is 0 Å². The Morgan fingerprint density at radius 2 is 2.13 bits per heavy atom. The number of hydrogen-bond donors (Lipinski definition) is 0. The van der Waals surface area contributed by atoms with Crippen LogP contribution in [-0.2, 0) is 0 Å². The molecule has 15 heavy (non-hydrogen) atoms. The molecule has 0 aromatic carbocycles. The zero-order valence-electron chi connectivity index (χ0n) is 7.79. The lowest BCUT2D eigenvalue weighted by atomic mass is 9.87. The van der Waals surface area contributed by atoms with Crippen molar-refractivity contribution in [3.63, 3.8) is 0 Å². The van der Waals surface area contributed by atoms with Gasteiger partial charge in [0.2, 0.25) is 0 Å². The topological polar surface area (TPSA) is 54.1 Å². The van der Waals surface area contributed by atoms with Crippen molar-refractivity contribution in [2.24, 2.45) is 20.9 Å². The lowest BCUT2D eigenvalue weighted by Gasteiger charge is -2.23. The quantitative estimate of drug-likeness (QED) is 0.583. The molecule has 0 aromatic heterocycles. The van der Waals surface area contributed by atoms with Gasteiger partial charge < -0.3 is 0 Å². The Bertz CT molecular complexity index is 518. The van der Waals surface area contributed by atoms with Gasteiger partial charge in [-0.05, 0) is 18.2 Å². The van der Waals surface area contributed by atoms with Crippen LogP contribution in [-0.4, -0.2) is 24.2 Å². The normalized spacial score (nSPS) is 26.5. The number of urea groups is 1. The Hall–Kier alpha value is -2.10. The molecular weight excluding hydrogens is 190 g/mol. The van der Waals surface area contributed by atoms with Crippen LogP contribution in [0.5, 0.6) is 0 Å². The minimum Gasteiger partial charge on any atom is -0.260 e. The van der Waals surface area contributed by atoms with Crippen LogP contribution in [0.3, 0.4) is 0 Å². The molecule has 0 radical (unpaired) electrons. The molecule has 0 saturated carbocycles. The van der Waals surface area contributed by atoms with Crippen LogP contribution < -0.4 is 0 Å². The third-order valence-electron chi connectivity index (χ3n) is 2.49. The van der Waals surface area contributed by atoms with Crippen molar-refractivity contribution in [1.82, 2.24) is 0 Å². The molecule has 2 aliphatic heterocycles. The molecule has 2 amide bonds. The number of nitrogens with zero attached hydrogens (tertiary/aromatic N) is 3. The Morgan fingerprint density at radius 1 is 1.20 bits per heavy atom. The van der Waals surface area contributed by atoms with Crippen molar-refractivity contribution < 1.29 is 4.79 Å². The Kier molecular flexibility index (Phi) is 1.62. The van der Waals surface area contributed by atoms with E-state index in [2.05, 4.69) is 15.0 Å². The fraction of sp³-hybridized carbons (Fsp3) is 0.0909. The van der Waals surface area contributed by atoms with Crippen molar-refractivity contribution in [2.45, 2.75) is 0 Å². The summed E-state index contributed by atoms with van der Waals surface area (Å²) in [6, 6.07) is -0.439. The maximum Gasteiger partial charge on any atom is 0.367 e. The van der Waals surface area contributed by atoms with Gasteiger partial charge in [-0.2, -0.15) is 9.98 Å². The summed E-state index contributed by atoms with van der Waals surface area (Å²) >= 11 is 0. The van der Waals surface area contributed by atoms with Gasteiger partial charge in [0.15, 0.2) is 0 Å². The van der Waals surface area contributed by atoms with Gasteiger partial charge in [0.05, 0.1) is 17.3 Å². The summed E-state index contributed by atoms with van der Waals surface area (Å²) in [5.74, 6) is 0.00528. The third-order valence-corrected chi connectivity index (χ3v) is 2.49. The number of dihydropyridines is 1. The van der Waals surface area contributed by atoms with Crippen LogP contribution in [0.25, 0.3) is 0 Å². The van der Waals surface area contributed by atoms with Crippen molar-refractivity contribution in [3.8, 4) is 0 Å². The Morgan fingerprint density at radius 3 is 3.07 bits per heavy atom. The van der Waals surface area contributed by atoms with Gasteiger partial charge in [0, 0.05) is 18.0 Å². The van der Waals surface area contributed by atoms with E-state index in [1.54, 1.807) is 12.4 Å². The fourth-order valence-corrected chi connectivity index (χ4v) is 1.79. The second-order valence-electron chi connectivity index (χ2n) is 3.39. The minimum atomic E-state index is -0.439. The summed E-state index contributed by atoms with van der Waals surface area (Å²) in [5.41, 5.74) is 2.56. The summed E-state index contributed by atoms with van der Waals surface area (Å²) in [5, 5.41) is 0. The van der Waals surface area contributed by atoms with Crippen molar-refractivity contribution in [3.05, 3.63) is 35.6 Å². The minimum absolute atomic E-state index is 0.00528. The van der Waals surface area contributed by atoms with Crippen molar-refractivity contribution in [2.75, 3.05) is 0 Å². The number of aliphatic imine (C=N–C) groups is 3. The molecule has 0 spiro atoms. The Balaban J connectivity index is 2.14. The van der Waals surface area contributed by atoms with Gasteiger partial charge >= 0.3 is 6.03 Å². The molecule has 0 saturated heterocycles. The predicted molar refractivity (Wildman–Crippen MR) is 58.6 cm³/mol. The standard InChI is InChI=1S/C11H7N3O/c15-11-13-6-7-3-4-9-8(10(7)14-11)2-1-5-12-9/h1-6,8H. The van der Waals surface area contributed by atoms with Gasteiger partial charge in [0.25, 0.3) is 0 Å². The van der Waals surface area contributed by atoms with Crippen LogP contribution >= 0.6 is 0 Å². The number of carbonyl (C=O) groups excluding carboxylic acids is 1. The summed E-state index contributed by atoms with van der Waals surface area (Å²) < 4.78 is 0. The highest BCUT2D eigenvalue weighted by molar-refractivity contribution is 6.26. The van der Waals surface area contributed by atoms with Gasteiger partial charge in [0.1, 0.15) is 0 Å². The van der Waals surface area contributed by atoms with E-state index in [1.807, 2.05) is 24.3 Å². The molecule has 0 bridgehead atoms. The number of carbonyl (C=O) groups is 1. The highest BCUT2D eigenvalue weighted by Crippen LogP contribution is 2.27. The second kappa shape index (κ2) is 2.95. The number of fused-ring (bicyclic) bond motifs is 3. The highest BCUT2D eigenvalue weighted by atomic mass is 16.2. The molecule has 1 atom stereocenters. The number of allylic oxidation sites excluding steroid dienone is 5. The SMILES string of the molecule is O=C1N=CC2=CC=C3N=CC=CC3C2=N1. The molecule has 2 heterocycles. The predicted octanol–water partition coefficient (Wildman–Crippen LogP) is 1.71. The lowest BCUT2D eigenvalue weighted by molar-refractivity contribution is 0.257. The second-order valence-corrected chi connectivity index (χ2v) is 3.39. The first kappa shape index (κ1) is 8.23. The molecule has 0 fully saturated rings. The van der Waals surface area contributed by atoms with Crippen molar-refractivity contribution in [1.29, 1.82) is 0 Å². The average Bonchev–Trinajstić information content (AvgIpc) is 2.29. The molecule has 3 aliphatic rings. The van der Waals surface area contributed by atoms with Crippen LogP contribution in [0.1, 0.15) is 0 Å². The first-order valence-electron chi connectivity index (χ1n) is 4.64. The Labute approximate surface area is 86.1 Å². The largest absolute Gasteiger partial charge is 0.367 e. The smallest absolute Gasteiger partial charge is 0.260 e. The number of rotatable bonds is 0. The molecule has 3 rings (SSSR count). The van der Waals surface area contributed by atoms with Crippen LogP contribution in [0.4, 0.5) is 4.79 Å². The van der Waals surface area contributed by atoms with Crippen LogP contribution in [0, 0.1) is 5.92 Å². The van der Waals surface area contributed by atoms with Gasteiger partial charge in [-0.3, -0.25) is 4.99 Å². The first-order valence-corrected chi connectivity index (χ1v) is 4.64. The summed E-state index contributed by atoms with van der Waals surface area (Å²) in [4.78, 5) is 22.9. The van der Waals surface area contributed by atoms with E-state index in [1.165, 1.54) is 0 Å². The maximum atomic E-state index is 11.1. The maximum absolute atomic E-state index is 11.1.